The zero-order chi connectivity index (χ0) is 14.1. The van der Waals surface area contributed by atoms with E-state index in [1.807, 2.05) is 19.1 Å². The number of nitrogens with zero attached hydrogens (tertiary/aromatic N) is 1. The molecule has 6 heteroatoms. The van der Waals surface area contributed by atoms with Crippen molar-refractivity contribution >= 4 is 29.2 Å². The number of H-pyrrole nitrogens is 1. The fourth-order valence-corrected chi connectivity index (χ4v) is 2.61. The van der Waals surface area contributed by atoms with Crippen LogP contribution in [0, 0.1) is 0 Å². The van der Waals surface area contributed by atoms with Crippen LogP contribution >= 0.6 is 12.4 Å². The Balaban J connectivity index is 0.00000161. The zero-order valence-corrected chi connectivity index (χ0v) is 12.6. The van der Waals surface area contributed by atoms with Gasteiger partial charge in [0.2, 0.25) is 5.43 Å². The van der Waals surface area contributed by atoms with Crippen LogP contribution in [-0.2, 0) is 0 Å². The molecule has 112 valence electrons. The summed E-state index contributed by atoms with van der Waals surface area (Å²) in [6.45, 7) is 4.06. The highest BCUT2D eigenvalue weighted by Gasteiger charge is 2.23. The number of hydrogen-bond acceptors (Lipinski definition) is 3. The molecule has 21 heavy (non-hydrogen) atoms. The number of halogens is 1. The molecule has 0 radical (unpaired) electrons. The number of carbonyl (C=O) groups excluding carboxylic acids is 1. The number of rotatable bonds is 1. The van der Waals surface area contributed by atoms with Crippen LogP contribution in [0.25, 0.3) is 10.9 Å². The second-order valence-electron chi connectivity index (χ2n) is 5.18. The molecule has 1 atom stereocenters. The highest BCUT2D eigenvalue weighted by atomic mass is 35.5. The number of aromatic amines is 1. The van der Waals surface area contributed by atoms with Crippen molar-refractivity contribution in [2.24, 2.45) is 0 Å². The summed E-state index contributed by atoms with van der Waals surface area (Å²) in [6, 6.07) is 7.49. The molecule has 2 heterocycles. The summed E-state index contributed by atoms with van der Waals surface area (Å²) in [4.78, 5) is 29.7. The number of hydrogen-bond donors (Lipinski definition) is 2. The molecular weight excluding hydrogens is 290 g/mol. The number of aromatic nitrogens is 1. The summed E-state index contributed by atoms with van der Waals surface area (Å²) in [5, 5.41) is 3.84. The molecule has 2 aromatic rings. The van der Waals surface area contributed by atoms with E-state index in [1.165, 1.54) is 6.20 Å². The van der Waals surface area contributed by atoms with Crippen molar-refractivity contribution in [3.05, 3.63) is 46.2 Å². The number of pyridine rings is 1. The van der Waals surface area contributed by atoms with Crippen molar-refractivity contribution < 1.29 is 4.79 Å². The first-order valence-electron chi connectivity index (χ1n) is 6.80. The molecule has 2 N–H and O–H groups in total. The maximum Gasteiger partial charge on any atom is 0.259 e. The molecule has 1 aromatic carbocycles. The van der Waals surface area contributed by atoms with E-state index in [4.69, 9.17) is 0 Å². The maximum absolute atomic E-state index is 12.5. The van der Waals surface area contributed by atoms with Crippen LogP contribution in [0.4, 0.5) is 0 Å². The van der Waals surface area contributed by atoms with Gasteiger partial charge in [-0.15, -0.1) is 12.4 Å². The van der Waals surface area contributed by atoms with E-state index in [9.17, 15) is 9.59 Å². The Morgan fingerprint density at radius 3 is 2.86 bits per heavy atom. The number of fused-ring (bicyclic) bond motifs is 1. The number of piperazine rings is 1. The maximum atomic E-state index is 12.5. The standard InChI is InChI=1S/C15H17N3O2.ClH/c1-10-9-18(7-6-16-10)15(20)12-8-17-13-5-3-2-4-11(13)14(12)19;/h2-5,8,10,16H,6-7,9H2,1H3,(H,17,19);1H/t10-;/m1./s1. The fraction of sp³-hybridized carbons (Fsp3) is 0.333. The third-order valence-corrected chi connectivity index (χ3v) is 3.67. The first-order valence-corrected chi connectivity index (χ1v) is 6.80. The van der Waals surface area contributed by atoms with E-state index in [-0.39, 0.29) is 35.3 Å². The lowest BCUT2D eigenvalue weighted by Gasteiger charge is -2.31. The third kappa shape index (κ3) is 2.94. The molecule has 0 spiro atoms. The van der Waals surface area contributed by atoms with Crippen LogP contribution in [-0.4, -0.2) is 41.5 Å². The molecular formula is C15H18ClN3O2. The third-order valence-electron chi connectivity index (χ3n) is 3.67. The summed E-state index contributed by atoms with van der Waals surface area (Å²) >= 11 is 0. The fourth-order valence-electron chi connectivity index (χ4n) is 2.61. The van der Waals surface area contributed by atoms with Gasteiger partial charge in [0.15, 0.2) is 0 Å². The Kier molecular flexibility index (Phi) is 4.65. The van der Waals surface area contributed by atoms with Gasteiger partial charge in [-0.05, 0) is 19.1 Å². The van der Waals surface area contributed by atoms with Gasteiger partial charge >= 0.3 is 0 Å². The minimum absolute atomic E-state index is 0. The lowest BCUT2D eigenvalue weighted by molar-refractivity contribution is 0.0707. The molecule has 1 aromatic heterocycles. The van der Waals surface area contributed by atoms with Gasteiger partial charge in [-0.25, -0.2) is 0 Å². The molecule has 0 bridgehead atoms. The number of amides is 1. The predicted molar refractivity (Wildman–Crippen MR) is 85.2 cm³/mol. The molecule has 0 unspecified atom stereocenters. The molecule has 1 fully saturated rings. The summed E-state index contributed by atoms with van der Waals surface area (Å²) < 4.78 is 0. The van der Waals surface area contributed by atoms with Gasteiger partial charge < -0.3 is 15.2 Å². The Labute approximate surface area is 128 Å². The van der Waals surface area contributed by atoms with E-state index in [0.29, 0.717) is 18.5 Å². The minimum atomic E-state index is -0.199. The lowest BCUT2D eigenvalue weighted by Crippen LogP contribution is -2.52. The second kappa shape index (κ2) is 6.28. The van der Waals surface area contributed by atoms with Gasteiger partial charge in [-0.3, -0.25) is 9.59 Å². The summed E-state index contributed by atoms with van der Waals surface area (Å²) in [6.07, 6.45) is 1.53. The van der Waals surface area contributed by atoms with Gasteiger partial charge in [0.25, 0.3) is 5.91 Å². The topological polar surface area (TPSA) is 65.2 Å². The molecule has 1 saturated heterocycles. The highest BCUT2D eigenvalue weighted by molar-refractivity contribution is 5.97. The Morgan fingerprint density at radius 2 is 2.10 bits per heavy atom. The summed E-state index contributed by atoms with van der Waals surface area (Å²) in [7, 11) is 0. The number of benzene rings is 1. The van der Waals surface area contributed by atoms with E-state index < -0.39 is 0 Å². The monoisotopic (exact) mass is 307 g/mol. The van der Waals surface area contributed by atoms with E-state index >= 15 is 0 Å². The normalized spacial score (nSPS) is 18.3. The number of nitrogens with one attached hydrogen (secondary N) is 2. The van der Waals surface area contributed by atoms with E-state index in [2.05, 4.69) is 10.3 Å². The Bertz CT molecular complexity index is 713. The van der Waals surface area contributed by atoms with Gasteiger partial charge in [0.1, 0.15) is 5.56 Å². The smallest absolute Gasteiger partial charge is 0.259 e. The van der Waals surface area contributed by atoms with Crippen LogP contribution in [0.1, 0.15) is 17.3 Å². The van der Waals surface area contributed by atoms with Crippen molar-refractivity contribution in [2.75, 3.05) is 19.6 Å². The average Bonchev–Trinajstić information content (AvgIpc) is 2.47. The molecule has 1 amide bonds. The van der Waals surface area contributed by atoms with E-state index in [1.54, 1.807) is 17.0 Å². The summed E-state index contributed by atoms with van der Waals surface area (Å²) in [5.74, 6) is -0.189. The Morgan fingerprint density at radius 1 is 1.33 bits per heavy atom. The van der Waals surface area contributed by atoms with Crippen molar-refractivity contribution in [1.82, 2.24) is 15.2 Å². The van der Waals surface area contributed by atoms with Crippen molar-refractivity contribution in [3.8, 4) is 0 Å². The quantitative estimate of drug-likeness (QED) is 0.836. The molecule has 0 saturated carbocycles. The van der Waals surface area contributed by atoms with Gasteiger partial charge in [0, 0.05) is 42.8 Å². The van der Waals surface area contributed by atoms with Crippen LogP contribution in [0.2, 0.25) is 0 Å². The van der Waals surface area contributed by atoms with Crippen molar-refractivity contribution in [3.63, 3.8) is 0 Å². The minimum Gasteiger partial charge on any atom is -0.360 e. The zero-order valence-electron chi connectivity index (χ0n) is 11.8. The molecule has 5 nitrogen and oxygen atoms in total. The van der Waals surface area contributed by atoms with Gasteiger partial charge in [-0.1, -0.05) is 12.1 Å². The van der Waals surface area contributed by atoms with Crippen LogP contribution in [0.3, 0.4) is 0 Å². The first kappa shape index (κ1) is 15.5. The molecule has 0 aliphatic carbocycles. The van der Waals surface area contributed by atoms with E-state index in [0.717, 1.165) is 12.1 Å². The largest absolute Gasteiger partial charge is 0.360 e. The second-order valence-corrected chi connectivity index (χ2v) is 5.18. The number of carbonyl (C=O) groups is 1. The predicted octanol–water partition coefficient (Wildman–Crippen LogP) is 1.38. The van der Waals surface area contributed by atoms with Crippen LogP contribution < -0.4 is 10.7 Å². The molecule has 1 aliphatic rings. The lowest BCUT2D eigenvalue weighted by atomic mass is 10.1. The average molecular weight is 308 g/mol. The van der Waals surface area contributed by atoms with Gasteiger partial charge in [-0.2, -0.15) is 0 Å². The van der Waals surface area contributed by atoms with Crippen molar-refractivity contribution in [1.29, 1.82) is 0 Å². The summed E-state index contributed by atoms with van der Waals surface area (Å²) in [5.41, 5.74) is 0.774. The highest BCUT2D eigenvalue weighted by Crippen LogP contribution is 2.10. The van der Waals surface area contributed by atoms with Gasteiger partial charge in [0.05, 0.1) is 0 Å². The molecule has 1 aliphatic heterocycles. The number of para-hydroxylation sites is 1. The Hall–Kier alpha value is -1.85. The van der Waals surface area contributed by atoms with Crippen LogP contribution in [0.5, 0.6) is 0 Å². The van der Waals surface area contributed by atoms with Crippen LogP contribution in [0.15, 0.2) is 35.3 Å². The first-order chi connectivity index (χ1) is 9.66. The van der Waals surface area contributed by atoms with Crippen molar-refractivity contribution in [2.45, 2.75) is 13.0 Å². The molecule has 3 rings (SSSR count). The SMILES string of the molecule is C[C@@H]1CN(C(=O)c2c[nH]c3ccccc3c2=O)CCN1.Cl.